The number of benzene rings is 10. The molecule has 0 radical (unpaired) electrons. The Morgan fingerprint density at radius 1 is 0.236 bits per heavy atom. The van der Waals surface area contributed by atoms with E-state index in [1.807, 2.05) is 0 Å². The summed E-state index contributed by atoms with van der Waals surface area (Å²) < 4.78 is 2.42. The first-order valence-corrected chi connectivity index (χ1v) is 19.0. The van der Waals surface area contributed by atoms with E-state index >= 15 is 0 Å². The highest BCUT2D eigenvalue weighted by Crippen LogP contribution is 2.39. The number of nitrogens with zero attached hydrogens (tertiary/aromatic N) is 1. The summed E-state index contributed by atoms with van der Waals surface area (Å²) >= 11 is 0. The Morgan fingerprint density at radius 2 is 0.655 bits per heavy atom. The maximum Gasteiger partial charge on any atom is 0.0541 e. The third-order valence-corrected chi connectivity index (χ3v) is 11.4. The summed E-state index contributed by atoms with van der Waals surface area (Å²) in [5.41, 5.74) is 13.3. The van der Waals surface area contributed by atoms with E-state index in [4.69, 9.17) is 0 Å². The van der Waals surface area contributed by atoms with Crippen LogP contribution in [0.5, 0.6) is 0 Å². The van der Waals surface area contributed by atoms with Gasteiger partial charge in [-0.25, -0.2) is 0 Å². The van der Waals surface area contributed by atoms with Gasteiger partial charge in [0.2, 0.25) is 0 Å². The normalized spacial score (nSPS) is 11.6. The van der Waals surface area contributed by atoms with E-state index in [-0.39, 0.29) is 0 Å². The highest BCUT2D eigenvalue weighted by molar-refractivity contribution is 6.12. The van der Waals surface area contributed by atoms with Gasteiger partial charge in [-0.1, -0.05) is 164 Å². The summed E-state index contributed by atoms with van der Waals surface area (Å²) in [6.07, 6.45) is 0. The molecule has 0 spiro atoms. The summed E-state index contributed by atoms with van der Waals surface area (Å²) in [5, 5.41) is 10.1. The molecule has 0 fully saturated rings. The van der Waals surface area contributed by atoms with E-state index in [9.17, 15) is 0 Å². The van der Waals surface area contributed by atoms with Crippen molar-refractivity contribution in [1.29, 1.82) is 0 Å². The second-order valence-corrected chi connectivity index (χ2v) is 14.6. The summed E-state index contributed by atoms with van der Waals surface area (Å²) in [4.78, 5) is 0. The van der Waals surface area contributed by atoms with Gasteiger partial charge in [0, 0.05) is 16.5 Å². The average molecular weight is 698 g/mol. The van der Waals surface area contributed by atoms with Gasteiger partial charge in [0.25, 0.3) is 0 Å². The maximum atomic E-state index is 2.42. The zero-order valence-corrected chi connectivity index (χ0v) is 30.2. The van der Waals surface area contributed by atoms with Gasteiger partial charge in [0.1, 0.15) is 0 Å². The number of fused-ring (bicyclic) bond motifs is 6. The van der Waals surface area contributed by atoms with Gasteiger partial charge in [-0.3, -0.25) is 0 Å². The highest BCUT2D eigenvalue weighted by Gasteiger charge is 2.16. The molecule has 0 saturated carbocycles. The molecule has 0 N–H and O–H groups in total. The lowest BCUT2D eigenvalue weighted by molar-refractivity contribution is 1.18. The van der Waals surface area contributed by atoms with Crippen LogP contribution in [0.15, 0.2) is 212 Å². The molecule has 0 unspecified atom stereocenters. The van der Waals surface area contributed by atoms with Crippen LogP contribution in [-0.4, -0.2) is 4.57 Å². The molecular formula is C54H35N. The van der Waals surface area contributed by atoms with E-state index in [0.29, 0.717) is 0 Å². The summed E-state index contributed by atoms with van der Waals surface area (Å²) in [6, 6.07) is 77.9. The molecule has 1 heteroatoms. The Hall–Kier alpha value is -7.22. The van der Waals surface area contributed by atoms with Gasteiger partial charge in [0.15, 0.2) is 0 Å². The average Bonchev–Trinajstić information content (AvgIpc) is 3.59. The molecule has 55 heavy (non-hydrogen) atoms. The molecule has 1 nitrogen and oxygen atoms in total. The molecule has 1 heterocycles. The SMILES string of the molecule is c1ccc2cc(-c3ccc(-n4c5ccc(-c6ccc(-c7cccc8ccccc78)cc6)cc5c5cc(-c6ccc7ccccc7c6)ccc54)cc3)ccc2c1. The van der Waals surface area contributed by atoms with Gasteiger partial charge >= 0.3 is 0 Å². The van der Waals surface area contributed by atoms with E-state index in [1.54, 1.807) is 0 Å². The fourth-order valence-electron chi connectivity index (χ4n) is 8.52. The lowest BCUT2D eigenvalue weighted by Gasteiger charge is -2.11. The fourth-order valence-corrected chi connectivity index (χ4v) is 8.52. The van der Waals surface area contributed by atoms with E-state index in [0.717, 1.165) is 5.69 Å². The Kier molecular flexibility index (Phi) is 7.25. The second-order valence-electron chi connectivity index (χ2n) is 14.6. The van der Waals surface area contributed by atoms with Crippen LogP contribution in [0, 0.1) is 0 Å². The number of rotatable bonds is 5. The van der Waals surface area contributed by atoms with Crippen LogP contribution in [0.4, 0.5) is 0 Å². The van der Waals surface area contributed by atoms with E-state index in [2.05, 4.69) is 217 Å². The van der Waals surface area contributed by atoms with Crippen LogP contribution in [0.1, 0.15) is 0 Å². The lowest BCUT2D eigenvalue weighted by atomic mass is 9.95. The first-order chi connectivity index (χ1) is 27.2. The van der Waals surface area contributed by atoms with Gasteiger partial charge in [-0.2, -0.15) is 0 Å². The highest BCUT2D eigenvalue weighted by atomic mass is 15.0. The fraction of sp³-hybridized carbons (Fsp3) is 0. The van der Waals surface area contributed by atoms with Crippen molar-refractivity contribution < 1.29 is 0 Å². The summed E-state index contributed by atoms with van der Waals surface area (Å²) in [6.45, 7) is 0. The van der Waals surface area contributed by atoms with Crippen molar-refractivity contribution >= 4 is 54.1 Å². The molecule has 0 aliphatic rings. The zero-order valence-electron chi connectivity index (χ0n) is 30.2. The maximum absolute atomic E-state index is 2.42. The van der Waals surface area contributed by atoms with Gasteiger partial charge in [-0.15, -0.1) is 0 Å². The number of hydrogen-bond acceptors (Lipinski definition) is 0. The molecule has 0 atom stereocenters. The van der Waals surface area contributed by atoms with Crippen LogP contribution < -0.4 is 0 Å². The minimum Gasteiger partial charge on any atom is -0.309 e. The number of aromatic nitrogens is 1. The smallest absolute Gasteiger partial charge is 0.0541 e. The molecule has 256 valence electrons. The first-order valence-electron chi connectivity index (χ1n) is 19.0. The molecule has 0 bridgehead atoms. The Balaban J connectivity index is 1.04. The molecule has 10 aromatic carbocycles. The van der Waals surface area contributed by atoms with Crippen molar-refractivity contribution in [3.05, 3.63) is 212 Å². The van der Waals surface area contributed by atoms with Crippen molar-refractivity contribution in [3.63, 3.8) is 0 Å². The predicted octanol–water partition coefficient (Wildman–Crippen LogP) is 14.9. The molecule has 0 amide bonds. The topological polar surface area (TPSA) is 4.93 Å². The monoisotopic (exact) mass is 697 g/mol. The van der Waals surface area contributed by atoms with Gasteiger partial charge in [0.05, 0.1) is 11.0 Å². The van der Waals surface area contributed by atoms with Gasteiger partial charge < -0.3 is 4.57 Å². The quantitative estimate of drug-likeness (QED) is 0.169. The summed E-state index contributed by atoms with van der Waals surface area (Å²) in [7, 11) is 0. The molecule has 0 aliphatic carbocycles. The Bertz CT molecular complexity index is 3230. The number of hydrogen-bond donors (Lipinski definition) is 0. The Labute approximate surface area is 320 Å². The first kappa shape index (κ1) is 31.3. The predicted molar refractivity (Wildman–Crippen MR) is 235 cm³/mol. The largest absolute Gasteiger partial charge is 0.309 e. The minimum atomic E-state index is 1.15. The molecule has 0 saturated heterocycles. The van der Waals surface area contributed by atoms with Crippen molar-refractivity contribution in [2.45, 2.75) is 0 Å². The lowest BCUT2D eigenvalue weighted by Crippen LogP contribution is -1.94. The van der Waals surface area contributed by atoms with Crippen LogP contribution in [0.25, 0.3) is 104 Å². The van der Waals surface area contributed by atoms with Crippen LogP contribution in [-0.2, 0) is 0 Å². The molecular weight excluding hydrogens is 663 g/mol. The molecule has 0 aliphatic heterocycles. The molecule has 1 aromatic heterocycles. The second kappa shape index (κ2) is 12.7. The van der Waals surface area contributed by atoms with Crippen molar-refractivity contribution in [2.24, 2.45) is 0 Å². The van der Waals surface area contributed by atoms with Crippen LogP contribution in [0.3, 0.4) is 0 Å². The third-order valence-electron chi connectivity index (χ3n) is 11.4. The zero-order chi connectivity index (χ0) is 36.3. The van der Waals surface area contributed by atoms with Crippen molar-refractivity contribution in [1.82, 2.24) is 4.57 Å². The standard InChI is InChI=1S/C54H35N/c1-3-11-42-32-44(22-18-36(42)8-1)39-24-28-48(29-25-39)55-53-30-26-46(38-16-20-41(21-17-38)50-15-7-13-40-10-5-6-14-49(40)50)34-51(53)52-35-47(27-31-54(52)55)45-23-19-37-9-2-4-12-43(37)33-45/h1-35H. The minimum absolute atomic E-state index is 1.15. The summed E-state index contributed by atoms with van der Waals surface area (Å²) in [5.74, 6) is 0. The van der Waals surface area contributed by atoms with Gasteiger partial charge in [-0.05, 0) is 125 Å². The van der Waals surface area contributed by atoms with Crippen LogP contribution in [0.2, 0.25) is 0 Å². The van der Waals surface area contributed by atoms with E-state index in [1.165, 1.54) is 98.6 Å². The third kappa shape index (κ3) is 5.40. The molecule has 11 aromatic rings. The van der Waals surface area contributed by atoms with Crippen LogP contribution >= 0.6 is 0 Å². The molecule has 11 rings (SSSR count). The van der Waals surface area contributed by atoms with Crippen molar-refractivity contribution in [2.75, 3.05) is 0 Å². The van der Waals surface area contributed by atoms with Crippen molar-refractivity contribution in [3.8, 4) is 50.2 Å². The Morgan fingerprint density at radius 3 is 1.27 bits per heavy atom. The van der Waals surface area contributed by atoms with E-state index < -0.39 is 0 Å².